The third kappa shape index (κ3) is 1.95. The first-order valence-corrected chi connectivity index (χ1v) is 6.18. The summed E-state index contributed by atoms with van der Waals surface area (Å²) >= 11 is 12.4. The van der Waals surface area contributed by atoms with Crippen LogP contribution in [0, 0.1) is 0 Å². The van der Waals surface area contributed by atoms with Gasteiger partial charge in [0.25, 0.3) is 0 Å². The van der Waals surface area contributed by atoms with Crippen molar-refractivity contribution < 1.29 is 5.11 Å². The summed E-state index contributed by atoms with van der Waals surface area (Å²) in [5.74, 6) is 0. The molecule has 0 fully saturated rings. The summed E-state index contributed by atoms with van der Waals surface area (Å²) in [7, 11) is 0. The van der Waals surface area contributed by atoms with E-state index in [0.717, 1.165) is 25.7 Å². The van der Waals surface area contributed by atoms with Crippen LogP contribution in [0.15, 0.2) is 10.6 Å². The molecule has 2 aliphatic carbocycles. The Morgan fingerprint density at radius 1 is 1.29 bits per heavy atom. The molecule has 2 atom stereocenters. The molecule has 2 aliphatic rings. The van der Waals surface area contributed by atoms with Gasteiger partial charge in [-0.1, -0.05) is 30.0 Å². The van der Waals surface area contributed by atoms with E-state index < -0.39 is 5.60 Å². The van der Waals surface area contributed by atoms with Crippen LogP contribution >= 0.6 is 23.2 Å². The molecule has 0 saturated carbocycles. The predicted octanol–water partition coefficient (Wildman–Crippen LogP) is 3.58. The van der Waals surface area contributed by atoms with Crippen LogP contribution in [0.5, 0.6) is 0 Å². The van der Waals surface area contributed by atoms with Gasteiger partial charge in [0.15, 0.2) is 0 Å². The van der Waals surface area contributed by atoms with Gasteiger partial charge >= 0.3 is 0 Å². The fraction of sp³-hybridized carbons (Fsp3) is 0.818. The van der Waals surface area contributed by atoms with E-state index in [0.29, 0.717) is 11.5 Å². The topological polar surface area (TPSA) is 20.2 Å². The zero-order chi connectivity index (χ0) is 10.2. The molecular formula is C11H16Cl2O. The van der Waals surface area contributed by atoms with Crippen molar-refractivity contribution in [2.45, 2.75) is 55.9 Å². The van der Waals surface area contributed by atoms with Gasteiger partial charge in [0.05, 0.1) is 0 Å². The average Bonchev–Trinajstić information content (AvgIpc) is 2.12. The number of aliphatic hydroxyl groups is 1. The largest absolute Gasteiger partial charge is 0.384 e. The lowest BCUT2D eigenvalue weighted by molar-refractivity contribution is 0.0548. The maximum Gasteiger partial charge on any atom is 0.101 e. The van der Waals surface area contributed by atoms with Gasteiger partial charge in [0.2, 0.25) is 0 Å². The highest BCUT2D eigenvalue weighted by Crippen LogP contribution is 2.44. The standard InChI is InChI=1S/C11H16Cl2O/c12-9-6-8-4-2-1-3-5-11(14,7-9)10(8)13/h9,14H,1-7H2/t9-,11+/m0/s1. The van der Waals surface area contributed by atoms with E-state index in [1.807, 2.05) is 0 Å². The lowest BCUT2D eigenvalue weighted by Gasteiger charge is -2.37. The predicted molar refractivity (Wildman–Crippen MR) is 59.8 cm³/mol. The Labute approximate surface area is 95.1 Å². The van der Waals surface area contributed by atoms with Gasteiger partial charge in [-0.3, -0.25) is 0 Å². The number of rotatable bonds is 0. The molecule has 1 nitrogen and oxygen atoms in total. The molecular weight excluding hydrogens is 219 g/mol. The summed E-state index contributed by atoms with van der Waals surface area (Å²) in [6, 6.07) is 0. The van der Waals surface area contributed by atoms with Crippen LogP contribution in [0.25, 0.3) is 0 Å². The number of halogens is 2. The fourth-order valence-corrected chi connectivity index (χ4v) is 3.36. The molecule has 0 amide bonds. The molecule has 1 N–H and O–H groups in total. The zero-order valence-electron chi connectivity index (χ0n) is 8.23. The van der Waals surface area contributed by atoms with Crippen LogP contribution in [0.4, 0.5) is 0 Å². The van der Waals surface area contributed by atoms with E-state index in [4.69, 9.17) is 23.2 Å². The molecule has 0 aromatic rings. The second-order valence-electron chi connectivity index (χ2n) is 4.52. The highest BCUT2D eigenvalue weighted by molar-refractivity contribution is 6.31. The van der Waals surface area contributed by atoms with Gasteiger partial charge in [-0.15, -0.1) is 11.6 Å². The Bertz CT molecular complexity index is 262. The Morgan fingerprint density at radius 2 is 2.07 bits per heavy atom. The van der Waals surface area contributed by atoms with Gasteiger partial charge in [-0.25, -0.2) is 0 Å². The number of hydrogen-bond donors (Lipinski definition) is 1. The van der Waals surface area contributed by atoms with E-state index in [1.165, 1.54) is 18.4 Å². The van der Waals surface area contributed by atoms with Crippen LogP contribution in [0.2, 0.25) is 0 Å². The van der Waals surface area contributed by atoms with Crippen molar-refractivity contribution in [3.63, 3.8) is 0 Å². The normalized spacial score (nSPS) is 39.2. The van der Waals surface area contributed by atoms with Crippen molar-refractivity contribution in [1.82, 2.24) is 0 Å². The molecule has 0 aliphatic heterocycles. The molecule has 0 saturated heterocycles. The number of fused-ring (bicyclic) bond motifs is 1. The van der Waals surface area contributed by atoms with E-state index in [-0.39, 0.29) is 5.38 Å². The Morgan fingerprint density at radius 3 is 2.86 bits per heavy atom. The molecule has 0 aromatic heterocycles. The highest BCUT2D eigenvalue weighted by Gasteiger charge is 2.39. The fourth-order valence-electron chi connectivity index (χ4n) is 2.57. The highest BCUT2D eigenvalue weighted by atomic mass is 35.5. The summed E-state index contributed by atoms with van der Waals surface area (Å²) in [5.41, 5.74) is 0.391. The van der Waals surface area contributed by atoms with E-state index in [9.17, 15) is 5.11 Å². The molecule has 0 heterocycles. The first-order valence-electron chi connectivity index (χ1n) is 5.36. The van der Waals surface area contributed by atoms with Crippen molar-refractivity contribution in [2.24, 2.45) is 0 Å². The smallest absolute Gasteiger partial charge is 0.101 e. The minimum absolute atomic E-state index is 0.0654. The van der Waals surface area contributed by atoms with Gasteiger partial charge in [-0.05, 0) is 32.1 Å². The molecule has 14 heavy (non-hydrogen) atoms. The molecule has 2 bridgehead atoms. The summed E-state index contributed by atoms with van der Waals surface area (Å²) in [5, 5.41) is 11.1. The third-order valence-corrected chi connectivity index (χ3v) is 4.24. The first-order chi connectivity index (χ1) is 6.62. The Kier molecular flexibility index (Phi) is 3.11. The van der Waals surface area contributed by atoms with Crippen molar-refractivity contribution in [2.75, 3.05) is 0 Å². The number of hydrogen-bond acceptors (Lipinski definition) is 1. The molecule has 0 spiro atoms. The van der Waals surface area contributed by atoms with Crippen molar-refractivity contribution in [3.05, 3.63) is 10.6 Å². The quantitative estimate of drug-likeness (QED) is 0.636. The zero-order valence-corrected chi connectivity index (χ0v) is 9.74. The lowest BCUT2D eigenvalue weighted by atomic mass is 9.79. The number of alkyl halides is 1. The molecule has 0 aromatic carbocycles. The van der Waals surface area contributed by atoms with Crippen LogP contribution in [0.3, 0.4) is 0 Å². The monoisotopic (exact) mass is 234 g/mol. The molecule has 0 unspecified atom stereocenters. The molecule has 0 radical (unpaired) electrons. The van der Waals surface area contributed by atoms with E-state index in [2.05, 4.69) is 0 Å². The van der Waals surface area contributed by atoms with Gasteiger partial charge in [0, 0.05) is 10.4 Å². The average molecular weight is 235 g/mol. The molecule has 80 valence electrons. The van der Waals surface area contributed by atoms with Gasteiger partial charge in [-0.2, -0.15) is 0 Å². The second-order valence-corrected chi connectivity index (χ2v) is 5.51. The minimum Gasteiger partial charge on any atom is -0.384 e. The third-order valence-electron chi connectivity index (χ3n) is 3.31. The summed E-state index contributed by atoms with van der Waals surface area (Å²) in [6.07, 6.45) is 6.72. The van der Waals surface area contributed by atoms with E-state index >= 15 is 0 Å². The number of allylic oxidation sites excluding steroid dienone is 1. The lowest BCUT2D eigenvalue weighted by Crippen LogP contribution is -2.37. The Hall–Kier alpha value is 0.280. The van der Waals surface area contributed by atoms with Gasteiger partial charge in [0.1, 0.15) is 5.60 Å². The van der Waals surface area contributed by atoms with Crippen molar-refractivity contribution in [3.8, 4) is 0 Å². The van der Waals surface area contributed by atoms with Crippen LogP contribution in [0.1, 0.15) is 44.9 Å². The maximum absolute atomic E-state index is 10.4. The molecule has 2 rings (SSSR count). The summed E-state index contributed by atoms with van der Waals surface area (Å²) in [4.78, 5) is 0. The first kappa shape index (κ1) is 10.8. The SMILES string of the molecule is O[C@@]12CCCCCC(=C1Cl)C[C@H](Cl)C2. The summed E-state index contributed by atoms with van der Waals surface area (Å²) < 4.78 is 0. The van der Waals surface area contributed by atoms with Crippen LogP contribution in [-0.2, 0) is 0 Å². The van der Waals surface area contributed by atoms with Crippen LogP contribution in [-0.4, -0.2) is 16.1 Å². The summed E-state index contributed by atoms with van der Waals surface area (Å²) in [6.45, 7) is 0. The van der Waals surface area contributed by atoms with Gasteiger partial charge < -0.3 is 5.11 Å². The second kappa shape index (κ2) is 4.03. The van der Waals surface area contributed by atoms with E-state index in [1.54, 1.807) is 0 Å². The Balaban J connectivity index is 2.32. The van der Waals surface area contributed by atoms with Crippen molar-refractivity contribution >= 4 is 23.2 Å². The van der Waals surface area contributed by atoms with Crippen LogP contribution < -0.4 is 0 Å². The minimum atomic E-state index is -0.804. The molecule has 3 heteroatoms. The maximum atomic E-state index is 10.4. The van der Waals surface area contributed by atoms with Crippen molar-refractivity contribution in [1.29, 1.82) is 0 Å².